The molecule has 1 fully saturated rings. The van der Waals surface area contributed by atoms with E-state index in [0.29, 0.717) is 25.7 Å². The fourth-order valence-electron chi connectivity index (χ4n) is 2.47. The summed E-state index contributed by atoms with van der Waals surface area (Å²) in [6.45, 7) is 10.00. The van der Waals surface area contributed by atoms with E-state index in [0.717, 1.165) is 19.5 Å². The van der Waals surface area contributed by atoms with Gasteiger partial charge in [0.2, 0.25) is 10.0 Å². The van der Waals surface area contributed by atoms with Crippen LogP contribution in [0.15, 0.2) is 0 Å². The smallest absolute Gasteiger partial charge is 0.211 e. The van der Waals surface area contributed by atoms with Crippen molar-refractivity contribution in [3.05, 3.63) is 0 Å². The lowest BCUT2D eigenvalue weighted by Crippen LogP contribution is -2.54. The van der Waals surface area contributed by atoms with Crippen LogP contribution in [0, 0.1) is 5.41 Å². The van der Waals surface area contributed by atoms with E-state index in [-0.39, 0.29) is 5.41 Å². The summed E-state index contributed by atoms with van der Waals surface area (Å²) in [6, 6.07) is 0.353. The van der Waals surface area contributed by atoms with Crippen molar-refractivity contribution in [3.63, 3.8) is 0 Å². The summed E-state index contributed by atoms with van der Waals surface area (Å²) in [5.41, 5.74) is 6.11. The summed E-state index contributed by atoms with van der Waals surface area (Å²) < 4.78 is 24.4. The third kappa shape index (κ3) is 4.84. The van der Waals surface area contributed by atoms with Crippen LogP contribution in [0.5, 0.6) is 0 Å². The molecule has 18 heavy (non-hydrogen) atoms. The molecule has 5 nitrogen and oxygen atoms in total. The summed E-state index contributed by atoms with van der Waals surface area (Å²) in [6.07, 6.45) is 2.32. The summed E-state index contributed by atoms with van der Waals surface area (Å²) in [5.74, 6) is 0. The molecule has 1 atom stereocenters. The van der Waals surface area contributed by atoms with Gasteiger partial charge in [-0.3, -0.25) is 4.90 Å². The number of sulfonamides is 1. The molecule has 0 spiro atoms. The molecule has 6 heteroatoms. The summed E-state index contributed by atoms with van der Waals surface area (Å²) in [4.78, 5) is 2.33. The molecule has 0 saturated carbocycles. The van der Waals surface area contributed by atoms with Crippen LogP contribution in [0.25, 0.3) is 0 Å². The van der Waals surface area contributed by atoms with Gasteiger partial charge in [-0.15, -0.1) is 0 Å². The van der Waals surface area contributed by atoms with E-state index < -0.39 is 10.0 Å². The Labute approximate surface area is 111 Å². The van der Waals surface area contributed by atoms with Crippen molar-refractivity contribution in [1.29, 1.82) is 0 Å². The fourth-order valence-corrected chi connectivity index (χ4v) is 3.30. The first-order valence-corrected chi connectivity index (χ1v) is 8.37. The molecule has 0 bridgehead atoms. The molecule has 0 amide bonds. The Bertz CT molecular complexity index is 354. The standard InChI is InChI=1S/C12H27N3O2S/c1-12(2,3)9-11(10-13)14-5-7-15(8-6-14)18(4,16)17/h11H,5-10,13H2,1-4H3. The van der Waals surface area contributed by atoms with E-state index in [1.807, 2.05) is 0 Å². The molecule has 1 aliphatic rings. The average molecular weight is 277 g/mol. The molecule has 1 aliphatic heterocycles. The van der Waals surface area contributed by atoms with Gasteiger partial charge in [0.15, 0.2) is 0 Å². The van der Waals surface area contributed by atoms with Gasteiger partial charge in [0, 0.05) is 38.8 Å². The highest BCUT2D eigenvalue weighted by Crippen LogP contribution is 2.24. The highest BCUT2D eigenvalue weighted by atomic mass is 32.2. The molecule has 1 saturated heterocycles. The minimum Gasteiger partial charge on any atom is -0.329 e. The molecule has 0 aromatic carbocycles. The molecule has 0 aliphatic carbocycles. The van der Waals surface area contributed by atoms with Gasteiger partial charge in [0.1, 0.15) is 0 Å². The maximum Gasteiger partial charge on any atom is 0.211 e. The second-order valence-corrected chi connectivity index (χ2v) is 8.33. The Hall–Kier alpha value is -0.170. The Morgan fingerprint density at radius 2 is 1.67 bits per heavy atom. The number of hydrogen-bond donors (Lipinski definition) is 1. The van der Waals surface area contributed by atoms with Crippen molar-refractivity contribution in [2.45, 2.75) is 33.2 Å². The van der Waals surface area contributed by atoms with Gasteiger partial charge in [0.05, 0.1) is 6.26 Å². The summed E-state index contributed by atoms with van der Waals surface area (Å²) in [7, 11) is -3.04. The first-order valence-electron chi connectivity index (χ1n) is 6.53. The van der Waals surface area contributed by atoms with Gasteiger partial charge in [-0.2, -0.15) is 4.31 Å². The van der Waals surface area contributed by atoms with Crippen molar-refractivity contribution in [3.8, 4) is 0 Å². The largest absolute Gasteiger partial charge is 0.329 e. The molecular weight excluding hydrogens is 250 g/mol. The van der Waals surface area contributed by atoms with E-state index in [9.17, 15) is 8.42 Å². The zero-order valence-corrected chi connectivity index (χ0v) is 12.8. The number of piperazine rings is 1. The van der Waals surface area contributed by atoms with E-state index in [1.165, 1.54) is 6.26 Å². The maximum absolute atomic E-state index is 11.4. The quantitative estimate of drug-likeness (QED) is 0.804. The summed E-state index contributed by atoms with van der Waals surface area (Å²) in [5, 5.41) is 0. The monoisotopic (exact) mass is 277 g/mol. The Balaban J connectivity index is 2.55. The average Bonchev–Trinajstić information content (AvgIpc) is 2.24. The third-order valence-corrected chi connectivity index (χ3v) is 4.68. The van der Waals surface area contributed by atoms with E-state index >= 15 is 0 Å². The van der Waals surface area contributed by atoms with Crippen LogP contribution in [0.3, 0.4) is 0 Å². The second kappa shape index (κ2) is 5.86. The van der Waals surface area contributed by atoms with Crippen molar-refractivity contribution >= 4 is 10.0 Å². The van der Waals surface area contributed by atoms with Crippen LogP contribution in [0.2, 0.25) is 0 Å². The zero-order valence-electron chi connectivity index (χ0n) is 12.0. The first kappa shape index (κ1) is 15.9. The van der Waals surface area contributed by atoms with E-state index in [2.05, 4.69) is 25.7 Å². The SMILES string of the molecule is CC(C)(C)CC(CN)N1CCN(S(C)(=O)=O)CC1. The molecule has 0 aromatic rings. The number of nitrogens with two attached hydrogens (primary N) is 1. The fraction of sp³-hybridized carbons (Fsp3) is 1.00. The number of rotatable bonds is 4. The lowest BCUT2D eigenvalue weighted by molar-refractivity contribution is 0.111. The van der Waals surface area contributed by atoms with Gasteiger partial charge in [-0.1, -0.05) is 20.8 Å². The molecule has 1 heterocycles. The lowest BCUT2D eigenvalue weighted by Gasteiger charge is -2.40. The number of nitrogens with zero attached hydrogens (tertiary/aromatic N) is 2. The van der Waals surface area contributed by atoms with Gasteiger partial charge in [-0.25, -0.2) is 8.42 Å². The van der Waals surface area contributed by atoms with E-state index in [4.69, 9.17) is 5.73 Å². The predicted molar refractivity (Wildman–Crippen MR) is 74.9 cm³/mol. The number of hydrogen-bond acceptors (Lipinski definition) is 4. The lowest BCUT2D eigenvalue weighted by atomic mass is 9.87. The highest BCUT2D eigenvalue weighted by Gasteiger charge is 2.29. The molecule has 1 unspecified atom stereocenters. The molecule has 1 rings (SSSR count). The third-order valence-electron chi connectivity index (χ3n) is 3.38. The van der Waals surface area contributed by atoms with Crippen LogP contribution in [0.1, 0.15) is 27.2 Å². The minimum absolute atomic E-state index is 0.248. The normalized spacial score (nSPS) is 22.1. The van der Waals surface area contributed by atoms with Crippen LogP contribution >= 0.6 is 0 Å². The van der Waals surface area contributed by atoms with Crippen LogP contribution in [0.4, 0.5) is 0 Å². The van der Waals surface area contributed by atoms with Crippen LogP contribution in [-0.4, -0.2) is 62.6 Å². The minimum atomic E-state index is -3.04. The second-order valence-electron chi connectivity index (χ2n) is 6.35. The maximum atomic E-state index is 11.4. The van der Waals surface area contributed by atoms with Gasteiger partial charge in [0.25, 0.3) is 0 Å². The topological polar surface area (TPSA) is 66.6 Å². The molecule has 0 radical (unpaired) electrons. The molecule has 108 valence electrons. The van der Waals surface area contributed by atoms with E-state index in [1.54, 1.807) is 4.31 Å². The van der Waals surface area contributed by atoms with Crippen molar-refractivity contribution in [2.75, 3.05) is 39.0 Å². The highest BCUT2D eigenvalue weighted by molar-refractivity contribution is 7.88. The Morgan fingerprint density at radius 1 is 1.17 bits per heavy atom. The van der Waals surface area contributed by atoms with Crippen molar-refractivity contribution in [1.82, 2.24) is 9.21 Å². The van der Waals surface area contributed by atoms with Crippen molar-refractivity contribution < 1.29 is 8.42 Å². The Kier molecular flexibility index (Phi) is 5.17. The van der Waals surface area contributed by atoms with Gasteiger partial charge < -0.3 is 5.73 Å². The molecular formula is C12H27N3O2S. The summed E-state index contributed by atoms with van der Waals surface area (Å²) >= 11 is 0. The van der Waals surface area contributed by atoms with Crippen LogP contribution in [-0.2, 0) is 10.0 Å². The zero-order chi connectivity index (χ0) is 14.0. The first-order chi connectivity index (χ1) is 8.13. The predicted octanol–water partition coefficient (Wildman–Crippen LogP) is 0.327. The Morgan fingerprint density at radius 3 is 2.00 bits per heavy atom. The molecule has 2 N–H and O–H groups in total. The van der Waals surface area contributed by atoms with Crippen LogP contribution < -0.4 is 5.73 Å². The van der Waals surface area contributed by atoms with Gasteiger partial charge >= 0.3 is 0 Å². The van der Waals surface area contributed by atoms with Crippen molar-refractivity contribution in [2.24, 2.45) is 11.1 Å². The molecule has 0 aromatic heterocycles. The van der Waals surface area contributed by atoms with Gasteiger partial charge in [-0.05, 0) is 11.8 Å².